The first-order valence-electron chi connectivity index (χ1n) is 7.00. The summed E-state index contributed by atoms with van der Waals surface area (Å²) < 4.78 is 18.7. The van der Waals surface area contributed by atoms with Gasteiger partial charge < -0.3 is 4.74 Å². The molecule has 0 aliphatic rings. The molecule has 2 aromatic rings. The summed E-state index contributed by atoms with van der Waals surface area (Å²) in [6, 6.07) is 8.41. The van der Waals surface area contributed by atoms with E-state index in [1.54, 1.807) is 32.0 Å². The van der Waals surface area contributed by atoms with Crippen LogP contribution in [0.1, 0.15) is 35.5 Å². The first-order valence-corrected chi connectivity index (χ1v) is 7.00. The second-order valence-electron chi connectivity index (χ2n) is 4.73. The summed E-state index contributed by atoms with van der Waals surface area (Å²) in [5, 5.41) is 0. The van der Waals surface area contributed by atoms with Gasteiger partial charge in [-0.2, -0.15) is 0 Å². The molecule has 0 aliphatic heterocycles. The van der Waals surface area contributed by atoms with Crippen molar-refractivity contribution in [1.82, 2.24) is 4.98 Å². The Labute approximate surface area is 123 Å². The molecule has 1 heterocycles. The number of benzene rings is 1. The Morgan fingerprint density at radius 3 is 2.62 bits per heavy atom. The molecule has 0 unspecified atom stereocenters. The van der Waals surface area contributed by atoms with Crippen molar-refractivity contribution >= 4 is 5.97 Å². The molecule has 1 aromatic heterocycles. The predicted molar refractivity (Wildman–Crippen MR) is 79.7 cm³/mol. The zero-order valence-electron chi connectivity index (χ0n) is 12.4. The van der Waals surface area contributed by atoms with Gasteiger partial charge in [-0.15, -0.1) is 0 Å². The van der Waals surface area contributed by atoms with Crippen LogP contribution in [0.5, 0.6) is 0 Å². The molecule has 0 bridgehead atoms. The zero-order valence-corrected chi connectivity index (χ0v) is 12.4. The molecule has 0 saturated carbocycles. The third-order valence-electron chi connectivity index (χ3n) is 3.27. The van der Waals surface area contributed by atoms with E-state index in [-0.39, 0.29) is 11.8 Å². The van der Waals surface area contributed by atoms with E-state index >= 15 is 0 Å². The molecule has 110 valence electrons. The van der Waals surface area contributed by atoms with Crippen LogP contribution in [-0.4, -0.2) is 17.6 Å². The minimum Gasteiger partial charge on any atom is -0.462 e. The van der Waals surface area contributed by atoms with E-state index in [2.05, 4.69) is 4.98 Å². The highest BCUT2D eigenvalue weighted by Gasteiger charge is 2.14. The Balaban J connectivity index is 2.42. The normalized spacial score (nSPS) is 10.5. The van der Waals surface area contributed by atoms with Gasteiger partial charge in [0.05, 0.1) is 23.6 Å². The summed E-state index contributed by atoms with van der Waals surface area (Å²) in [5.74, 6) is -0.634. The van der Waals surface area contributed by atoms with Gasteiger partial charge in [0, 0.05) is 5.56 Å². The second-order valence-corrected chi connectivity index (χ2v) is 4.73. The molecule has 0 aliphatic carbocycles. The quantitative estimate of drug-likeness (QED) is 0.800. The first-order chi connectivity index (χ1) is 10.1. The minimum absolute atomic E-state index is 0.262. The van der Waals surface area contributed by atoms with Gasteiger partial charge in [0.15, 0.2) is 0 Å². The van der Waals surface area contributed by atoms with Gasteiger partial charge in [0.2, 0.25) is 0 Å². The summed E-state index contributed by atoms with van der Waals surface area (Å²) in [4.78, 5) is 16.3. The van der Waals surface area contributed by atoms with Crippen LogP contribution in [0.3, 0.4) is 0 Å². The number of nitrogens with zero attached hydrogens (tertiary/aromatic N) is 1. The summed E-state index contributed by atoms with van der Waals surface area (Å²) in [6.07, 6.45) is 0.607. The van der Waals surface area contributed by atoms with E-state index in [0.717, 1.165) is 0 Å². The van der Waals surface area contributed by atoms with E-state index in [4.69, 9.17) is 4.74 Å². The molecular weight excluding hydrogens is 269 g/mol. The highest BCUT2D eigenvalue weighted by atomic mass is 19.1. The van der Waals surface area contributed by atoms with Crippen molar-refractivity contribution in [3.63, 3.8) is 0 Å². The average Bonchev–Trinajstić information content (AvgIpc) is 2.49. The topological polar surface area (TPSA) is 39.2 Å². The maximum atomic E-state index is 13.7. The molecule has 0 amide bonds. The van der Waals surface area contributed by atoms with Crippen LogP contribution in [0.15, 0.2) is 30.3 Å². The third kappa shape index (κ3) is 3.27. The lowest BCUT2D eigenvalue weighted by Crippen LogP contribution is -2.09. The number of esters is 1. The Morgan fingerprint density at radius 2 is 2.00 bits per heavy atom. The fourth-order valence-corrected chi connectivity index (χ4v) is 2.08. The van der Waals surface area contributed by atoms with Crippen molar-refractivity contribution in [2.45, 2.75) is 27.2 Å². The molecule has 0 N–H and O–H groups in total. The Bertz CT molecular complexity index is 668. The van der Waals surface area contributed by atoms with Crippen LogP contribution < -0.4 is 0 Å². The highest BCUT2D eigenvalue weighted by molar-refractivity contribution is 5.91. The number of halogens is 1. The number of ether oxygens (including phenoxy) is 1. The van der Waals surface area contributed by atoms with Crippen LogP contribution in [0.25, 0.3) is 11.3 Å². The Kier molecular flexibility index (Phi) is 4.68. The van der Waals surface area contributed by atoms with Crippen molar-refractivity contribution in [1.29, 1.82) is 0 Å². The van der Waals surface area contributed by atoms with Crippen LogP contribution in [0.4, 0.5) is 4.39 Å². The number of carbonyl (C=O) groups excluding carboxylic acids is 1. The Hall–Kier alpha value is -2.23. The SMILES string of the molecule is CCOC(=O)c1ccc(-c2ccc(C)c(F)c2)nc1CC. The Morgan fingerprint density at radius 1 is 1.24 bits per heavy atom. The molecule has 2 rings (SSSR count). The van der Waals surface area contributed by atoms with Gasteiger partial charge in [-0.3, -0.25) is 4.98 Å². The maximum Gasteiger partial charge on any atom is 0.339 e. The molecular formula is C17H18FNO2. The molecule has 0 fully saturated rings. The smallest absolute Gasteiger partial charge is 0.339 e. The summed E-state index contributed by atoms with van der Waals surface area (Å²) in [6.45, 7) is 5.73. The zero-order chi connectivity index (χ0) is 15.4. The highest BCUT2D eigenvalue weighted by Crippen LogP contribution is 2.22. The second kappa shape index (κ2) is 6.48. The number of aryl methyl sites for hydroxylation is 2. The number of hydrogen-bond acceptors (Lipinski definition) is 3. The third-order valence-corrected chi connectivity index (χ3v) is 3.27. The van der Waals surface area contributed by atoms with E-state index in [0.29, 0.717) is 41.1 Å². The van der Waals surface area contributed by atoms with Crippen molar-refractivity contribution in [3.8, 4) is 11.3 Å². The van der Waals surface area contributed by atoms with Crippen molar-refractivity contribution in [2.75, 3.05) is 6.61 Å². The van der Waals surface area contributed by atoms with E-state index < -0.39 is 0 Å². The van der Waals surface area contributed by atoms with E-state index in [1.807, 2.05) is 13.0 Å². The fourth-order valence-electron chi connectivity index (χ4n) is 2.08. The van der Waals surface area contributed by atoms with Crippen molar-refractivity contribution in [2.24, 2.45) is 0 Å². The van der Waals surface area contributed by atoms with E-state index in [1.165, 1.54) is 6.07 Å². The summed E-state index contributed by atoms with van der Waals surface area (Å²) in [5.41, 5.74) is 3.07. The van der Waals surface area contributed by atoms with Crippen LogP contribution in [-0.2, 0) is 11.2 Å². The predicted octanol–water partition coefficient (Wildman–Crippen LogP) is 3.94. The maximum absolute atomic E-state index is 13.7. The van der Waals surface area contributed by atoms with Crippen molar-refractivity contribution < 1.29 is 13.9 Å². The monoisotopic (exact) mass is 287 g/mol. The molecule has 3 nitrogen and oxygen atoms in total. The number of rotatable bonds is 4. The molecule has 4 heteroatoms. The summed E-state index contributed by atoms with van der Waals surface area (Å²) in [7, 11) is 0. The number of aromatic nitrogens is 1. The average molecular weight is 287 g/mol. The lowest BCUT2D eigenvalue weighted by molar-refractivity contribution is 0.0524. The minimum atomic E-state index is -0.372. The number of carbonyl (C=O) groups is 1. The van der Waals surface area contributed by atoms with Crippen LogP contribution >= 0.6 is 0 Å². The molecule has 0 saturated heterocycles. The fraction of sp³-hybridized carbons (Fsp3) is 0.294. The van der Waals surface area contributed by atoms with Gasteiger partial charge in [-0.25, -0.2) is 9.18 Å². The molecule has 0 radical (unpaired) electrons. The molecule has 0 atom stereocenters. The molecule has 1 aromatic carbocycles. The standard InChI is InChI=1S/C17H18FNO2/c1-4-15-13(17(20)21-5-2)8-9-16(19-15)12-7-6-11(3)14(18)10-12/h6-10H,4-5H2,1-3H3. The van der Waals surface area contributed by atoms with Gasteiger partial charge >= 0.3 is 5.97 Å². The van der Waals surface area contributed by atoms with Gasteiger partial charge in [-0.1, -0.05) is 19.1 Å². The molecule has 0 spiro atoms. The largest absolute Gasteiger partial charge is 0.462 e. The van der Waals surface area contributed by atoms with Gasteiger partial charge in [0.25, 0.3) is 0 Å². The molecule has 21 heavy (non-hydrogen) atoms. The van der Waals surface area contributed by atoms with Crippen LogP contribution in [0, 0.1) is 12.7 Å². The van der Waals surface area contributed by atoms with E-state index in [9.17, 15) is 9.18 Å². The number of pyridine rings is 1. The van der Waals surface area contributed by atoms with Crippen molar-refractivity contribution in [3.05, 3.63) is 53.0 Å². The van der Waals surface area contributed by atoms with Crippen LogP contribution in [0.2, 0.25) is 0 Å². The summed E-state index contributed by atoms with van der Waals surface area (Å²) >= 11 is 0. The first kappa shape index (κ1) is 15.2. The van der Waals surface area contributed by atoms with Gasteiger partial charge in [-0.05, 0) is 44.0 Å². The van der Waals surface area contributed by atoms with Gasteiger partial charge in [0.1, 0.15) is 5.82 Å². The lowest BCUT2D eigenvalue weighted by Gasteiger charge is -2.09. The number of hydrogen-bond donors (Lipinski definition) is 0. The lowest BCUT2D eigenvalue weighted by atomic mass is 10.1.